The van der Waals surface area contributed by atoms with Crippen molar-refractivity contribution in [1.29, 1.82) is 0 Å². The normalized spacial score (nSPS) is 34.7. The molecular formula is C39H70O5. The minimum Gasteiger partial charge on any atom is -0.394 e. The molecule has 4 aliphatic carbocycles. The fraction of sp³-hybridized carbons (Fsp3) is 0.949. The Morgan fingerprint density at radius 3 is 2.09 bits per heavy atom. The van der Waals surface area contributed by atoms with Gasteiger partial charge in [0.25, 0.3) is 0 Å². The zero-order valence-corrected chi connectivity index (χ0v) is 29.6. The summed E-state index contributed by atoms with van der Waals surface area (Å²) in [5.74, 6) is 7.10. The van der Waals surface area contributed by atoms with Crippen LogP contribution in [0.4, 0.5) is 0 Å². The van der Waals surface area contributed by atoms with Crippen molar-refractivity contribution >= 4 is 0 Å². The molecule has 0 aromatic carbocycles. The van der Waals surface area contributed by atoms with Crippen LogP contribution in [0.15, 0.2) is 11.6 Å². The molecule has 0 unspecified atom stereocenters. The van der Waals surface area contributed by atoms with Gasteiger partial charge >= 0.3 is 0 Å². The van der Waals surface area contributed by atoms with Crippen molar-refractivity contribution in [2.24, 2.45) is 58.2 Å². The Bertz CT molecular complexity index is 857. The first-order chi connectivity index (χ1) is 21.2. The molecule has 3 saturated carbocycles. The number of allylic oxidation sites excluding steroid dienone is 2. The van der Waals surface area contributed by atoms with Crippen LogP contribution in [0.1, 0.15) is 119 Å². The van der Waals surface area contributed by atoms with Crippen molar-refractivity contribution in [2.45, 2.75) is 119 Å². The minimum atomic E-state index is 0.0559. The third-order valence-electron chi connectivity index (χ3n) is 13.4. The van der Waals surface area contributed by atoms with E-state index in [9.17, 15) is 0 Å². The van der Waals surface area contributed by atoms with Crippen molar-refractivity contribution in [2.75, 3.05) is 59.5 Å². The molecule has 0 heterocycles. The molecule has 0 aromatic heterocycles. The van der Waals surface area contributed by atoms with Crippen molar-refractivity contribution in [3.63, 3.8) is 0 Å². The van der Waals surface area contributed by atoms with Gasteiger partial charge in [0.1, 0.15) is 0 Å². The van der Waals surface area contributed by atoms with E-state index in [0.29, 0.717) is 57.1 Å². The maximum absolute atomic E-state index is 8.68. The zero-order valence-electron chi connectivity index (χ0n) is 29.6. The molecule has 4 rings (SSSR count). The lowest BCUT2D eigenvalue weighted by molar-refractivity contribution is -0.0540. The first-order valence-corrected chi connectivity index (χ1v) is 18.9. The number of ether oxygens (including phenoxy) is 4. The van der Waals surface area contributed by atoms with Gasteiger partial charge in [-0.1, -0.05) is 66.0 Å². The fourth-order valence-corrected chi connectivity index (χ4v) is 10.7. The van der Waals surface area contributed by atoms with Crippen LogP contribution in [0.3, 0.4) is 0 Å². The highest BCUT2D eigenvalue weighted by Gasteiger charge is 2.59. The predicted molar refractivity (Wildman–Crippen MR) is 181 cm³/mol. The van der Waals surface area contributed by atoms with Gasteiger partial charge in [0.2, 0.25) is 0 Å². The van der Waals surface area contributed by atoms with Crippen LogP contribution in [-0.2, 0) is 18.9 Å². The van der Waals surface area contributed by atoms with Crippen molar-refractivity contribution < 1.29 is 24.1 Å². The van der Waals surface area contributed by atoms with Gasteiger partial charge in [0.05, 0.1) is 52.9 Å². The van der Waals surface area contributed by atoms with E-state index in [4.69, 9.17) is 24.1 Å². The van der Waals surface area contributed by atoms with E-state index in [1.807, 2.05) is 5.57 Å². The zero-order chi connectivity index (χ0) is 31.6. The van der Waals surface area contributed by atoms with Gasteiger partial charge < -0.3 is 24.1 Å². The quantitative estimate of drug-likeness (QED) is 0.109. The lowest BCUT2D eigenvalue weighted by Crippen LogP contribution is -2.50. The first kappa shape index (κ1) is 36.4. The van der Waals surface area contributed by atoms with Crippen LogP contribution in [0, 0.1) is 58.2 Å². The van der Waals surface area contributed by atoms with Crippen LogP contribution >= 0.6 is 0 Å². The average Bonchev–Trinajstić information content (AvgIpc) is 3.37. The Labute approximate surface area is 271 Å². The van der Waals surface area contributed by atoms with Crippen LogP contribution in [-0.4, -0.2) is 64.6 Å². The van der Waals surface area contributed by atoms with Crippen LogP contribution in [0.5, 0.6) is 0 Å². The lowest BCUT2D eigenvalue weighted by atomic mass is 9.46. The SMILES string of the molecule is CC[C@H](CC[C@@H](C)[C@H]1CC[C@H]2[C@@H]3CC=C4C[C@@H](CCOCCOCCOCCOCCO)CC[C@]4(C)[C@H]3CC[C@]12C)C(C)C. The summed E-state index contributed by atoms with van der Waals surface area (Å²) in [7, 11) is 0. The molecule has 0 aromatic rings. The van der Waals surface area contributed by atoms with E-state index >= 15 is 0 Å². The van der Waals surface area contributed by atoms with Crippen LogP contribution in [0.2, 0.25) is 0 Å². The Balaban J connectivity index is 1.17. The molecule has 0 saturated heterocycles. The van der Waals surface area contributed by atoms with E-state index in [0.717, 1.165) is 54.0 Å². The van der Waals surface area contributed by atoms with E-state index in [1.54, 1.807) is 0 Å². The van der Waals surface area contributed by atoms with Gasteiger partial charge in [-0.25, -0.2) is 0 Å². The minimum absolute atomic E-state index is 0.0559. The summed E-state index contributed by atoms with van der Waals surface area (Å²) in [6, 6.07) is 0. The molecule has 5 nitrogen and oxygen atoms in total. The summed E-state index contributed by atoms with van der Waals surface area (Å²) in [6.45, 7) is 20.0. The Hall–Kier alpha value is -0.460. The monoisotopic (exact) mass is 619 g/mol. The molecule has 1 N–H and O–H groups in total. The fourth-order valence-electron chi connectivity index (χ4n) is 10.7. The highest BCUT2D eigenvalue weighted by atomic mass is 16.6. The van der Waals surface area contributed by atoms with Crippen LogP contribution in [0.25, 0.3) is 0 Å². The highest BCUT2D eigenvalue weighted by Crippen LogP contribution is 2.67. The van der Waals surface area contributed by atoms with E-state index in [-0.39, 0.29) is 6.61 Å². The maximum Gasteiger partial charge on any atom is 0.0701 e. The van der Waals surface area contributed by atoms with E-state index in [1.165, 1.54) is 77.0 Å². The number of hydrogen-bond acceptors (Lipinski definition) is 5. The highest BCUT2D eigenvalue weighted by molar-refractivity contribution is 5.25. The molecule has 9 atom stereocenters. The molecule has 5 heteroatoms. The number of aliphatic hydroxyl groups is 1. The number of hydrogen-bond donors (Lipinski definition) is 1. The van der Waals surface area contributed by atoms with Crippen LogP contribution < -0.4 is 0 Å². The van der Waals surface area contributed by atoms with Gasteiger partial charge in [0.15, 0.2) is 0 Å². The summed E-state index contributed by atoms with van der Waals surface area (Å²) in [5, 5.41) is 8.68. The maximum atomic E-state index is 8.68. The second-order valence-electron chi connectivity index (χ2n) is 16.0. The van der Waals surface area contributed by atoms with Gasteiger partial charge in [-0.3, -0.25) is 0 Å². The molecule has 44 heavy (non-hydrogen) atoms. The third kappa shape index (κ3) is 8.91. The second kappa shape index (κ2) is 17.6. The topological polar surface area (TPSA) is 57.2 Å². The largest absolute Gasteiger partial charge is 0.394 e. The number of aliphatic hydroxyl groups excluding tert-OH is 1. The summed E-state index contributed by atoms with van der Waals surface area (Å²) in [4.78, 5) is 0. The Morgan fingerprint density at radius 2 is 1.45 bits per heavy atom. The molecule has 0 aliphatic heterocycles. The van der Waals surface area contributed by atoms with Gasteiger partial charge in [-0.2, -0.15) is 0 Å². The summed E-state index contributed by atoms with van der Waals surface area (Å²) in [5.41, 5.74) is 2.83. The van der Waals surface area contributed by atoms with E-state index in [2.05, 4.69) is 47.6 Å². The van der Waals surface area contributed by atoms with Crippen molar-refractivity contribution in [3.8, 4) is 0 Å². The van der Waals surface area contributed by atoms with Crippen molar-refractivity contribution in [3.05, 3.63) is 11.6 Å². The first-order valence-electron chi connectivity index (χ1n) is 18.9. The van der Waals surface area contributed by atoms with E-state index < -0.39 is 0 Å². The van der Waals surface area contributed by atoms with Gasteiger partial charge in [-0.05, 0) is 122 Å². The van der Waals surface area contributed by atoms with Crippen molar-refractivity contribution in [1.82, 2.24) is 0 Å². The summed E-state index contributed by atoms with van der Waals surface area (Å²) >= 11 is 0. The standard InChI is InChI=1S/C39H70O5/c1-7-32(29(2)3)9-8-30(4)35-12-13-36-34-11-10-33-28-31(14-17-38(33,5)37(34)15-18-39(35,36)6)16-20-41-22-24-43-26-27-44-25-23-42-21-19-40/h10,29-32,34-37,40H,7-9,11-28H2,1-6H3/t30-,31-,32-,34+,35-,36+,37+,38+,39-/m1/s1. The third-order valence-corrected chi connectivity index (χ3v) is 13.4. The Kier molecular flexibility index (Phi) is 14.6. The number of rotatable bonds is 20. The predicted octanol–water partition coefficient (Wildman–Crippen LogP) is 8.73. The lowest BCUT2D eigenvalue weighted by Gasteiger charge is -2.58. The molecule has 0 amide bonds. The molecule has 4 aliphatic rings. The molecule has 0 spiro atoms. The molecule has 3 fully saturated rings. The van der Waals surface area contributed by atoms with Gasteiger partial charge in [-0.15, -0.1) is 0 Å². The van der Waals surface area contributed by atoms with Gasteiger partial charge in [0, 0.05) is 6.61 Å². The Morgan fingerprint density at radius 1 is 0.795 bits per heavy atom. The number of fused-ring (bicyclic) bond motifs is 5. The molecule has 256 valence electrons. The molecule has 0 bridgehead atoms. The summed E-state index contributed by atoms with van der Waals surface area (Å²) < 4.78 is 22.2. The molecular weight excluding hydrogens is 548 g/mol. The smallest absolute Gasteiger partial charge is 0.0701 e. The summed E-state index contributed by atoms with van der Waals surface area (Å²) in [6.07, 6.45) is 19.5. The average molecular weight is 619 g/mol. The molecule has 0 radical (unpaired) electrons. The second-order valence-corrected chi connectivity index (χ2v) is 16.0.